The fourth-order valence-electron chi connectivity index (χ4n) is 2.18. The molecule has 1 aromatic heterocycles. The van der Waals surface area contributed by atoms with E-state index in [-0.39, 0.29) is 0 Å². The zero-order chi connectivity index (χ0) is 16.8. The van der Waals surface area contributed by atoms with Gasteiger partial charge in [0.1, 0.15) is 12.3 Å². The quantitative estimate of drug-likeness (QED) is 0.814. The summed E-state index contributed by atoms with van der Waals surface area (Å²) >= 11 is 0. The smallest absolute Gasteiger partial charge is 0.256 e. The molecule has 23 heavy (non-hydrogen) atoms. The van der Waals surface area contributed by atoms with E-state index in [1.807, 2.05) is 0 Å². The maximum Gasteiger partial charge on any atom is 0.256 e. The molecular formula is C17H19N3O3. The van der Waals surface area contributed by atoms with Gasteiger partial charge in [-0.1, -0.05) is 18.1 Å². The fraction of sp³-hybridized carbons (Fsp3) is 0.294. The van der Waals surface area contributed by atoms with Gasteiger partial charge in [-0.05, 0) is 17.7 Å². The number of aromatic nitrogens is 2. The summed E-state index contributed by atoms with van der Waals surface area (Å²) in [6.07, 6.45) is 7.42. The van der Waals surface area contributed by atoms with Crippen LogP contribution in [0.1, 0.15) is 17.2 Å². The number of aliphatic hydroxyl groups is 1. The average Bonchev–Trinajstić information content (AvgIpc) is 3.00. The van der Waals surface area contributed by atoms with Crippen molar-refractivity contribution >= 4 is 5.91 Å². The van der Waals surface area contributed by atoms with Crippen molar-refractivity contribution in [3.8, 4) is 18.1 Å². The Morgan fingerprint density at radius 3 is 3.04 bits per heavy atom. The lowest BCUT2D eigenvalue weighted by molar-refractivity contribution is -0.139. The lowest BCUT2D eigenvalue weighted by atomic mass is 10.1. The third-order valence-corrected chi connectivity index (χ3v) is 3.38. The number of benzene rings is 1. The van der Waals surface area contributed by atoms with E-state index in [0.29, 0.717) is 24.4 Å². The van der Waals surface area contributed by atoms with Gasteiger partial charge in [0.05, 0.1) is 13.3 Å². The molecule has 0 spiro atoms. The van der Waals surface area contributed by atoms with Crippen molar-refractivity contribution in [2.75, 3.05) is 14.2 Å². The van der Waals surface area contributed by atoms with Crippen LogP contribution in [-0.4, -0.2) is 39.9 Å². The Labute approximate surface area is 135 Å². The monoisotopic (exact) mass is 313 g/mol. The predicted octanol–water partition coefficient (Wildman–Crippen LogP) is 1.22. The molecule has 0 saturated heterocycles. The Hall–Kier alpha value is -2.78. The summed E-state index contributed by atoms with van der Waals surface area (Å²) in [6, 6.07) is 6.81. The molecule has 1 N–H and O–H groups in total. The van der Waals surface area contributed by atoms with Gasteiger partial charge in [0.25, 0.3) is 5.91 Å². The van der Waals surface area contributed by atoms with Crippen molar-refractivity contribution in [3.05, 3.63) is 47.8 Å². The highest BCUT2D eigenvalue weighted by atomic mass is 16.5. The second-order valence-electron chi connectivity index (χ2n) is 5.12. The minimum absolute atomic E-state index is 0.338. The van der Waals surface area contributed by atoms with Crippen molar-refractivity contribution < 1.29 is 14.6 Å². The highest BCUT2D eigenvalue weighted by Crippen LogP contribution is 2.21. The zero-order valence-electron chi connectivity index (χ0n) is 13.1. The van der Waals surface area contributed by atoms with Gasteiger partial charge in [-0.15, -0.1) is 6.42 Å². The molecule has 1 amide bonds. The highest BCUT2D eigenvalue weighted by Gasteiger charge is 2.22. The Morgan fingerprint density at radius 1 is 1.57 bits per heavy atom. The minimum atomic E-state index is -1.24. The average molecular weight is 313 g/mol. The van der Waals surface area contributed by atoms with Gasteiger partial charge in [-0.3, -0.25) is 9.48 Å². The van der Waals surface area contributed by atoms with E-state index in [9.17, 15) is 9.90 Å². The molecule has 0 aliphatic rings. The molecule has 1 aromatic carbocycles. The molecule has 1 atom stereocenters. The lowest BCUT2D eigenvalue weighted by Gasteiger charge is -2.20. The summed E-state index contributed by atoms with van der Waals surface area (Å²) in [5.41, 5.74) is 1.33. The SMILES string of the molecule is C#CCn1cc(CN(C)C(=O)C(O)c2cccc(OC)c2)cn1. The Kier molecular flexibility index (Phi) is 5.39. The summed E-state index contributed by atoms with van der Waals surface area (Å²) in [5, 5.41) is 14.4. The number of ether oxygens (including phenoxy) is 1. The van der Waals surface area contributed by atoms with Crippen LogP contribution in [0.2, 0.25) is 0 Å². The van der Waals surface area contributed by atoms with Gasteiger partial charge >= 0.3 is 0 Å². The van der Waals surface area contributed by atoms with E-state index in [0.717, 1.165) is 5.56 Å². The van der Waals surface area contributed by atoms with Crippen LogP contribution < -0.4 is 4.74 Å². The first-order valence-corrected chi connectivity index (χ1v) is 7.07. The standard InChI is InChI=1S/C17H19N3O3/c1-4-8-20-12-13(10-18-20)11-19(2)17(22)16(21)14-6-5-7-15(9-14)23-3/h1,5-7,9-10,12,16,21H,8,11H2,2-3H3. The second kappa shape index (κ2) is 7.47. The third kappa shape index (κ3) is 4.11. The van der Waals surface area contributed by atoms with E-state index in [1.54, 1.807) is 48.4 Å². The molecule has 0 radical (unpaired) electrons. The molecule has 120 valence electrons. The van der Waals surface area contributed by atoms with Crippen LogP contribution >= 0.6 is 0 Å². The Morgan fingerprint density at radius 2 is 2.35 bits per heavy atom. The molecule has 2 aromatic rings. The highest BCUT2D eigenvalue weighted by molar-refractivity contribution is 5.81. The molecule has 0 saturated carbocycles. The summed E-state index contributed by atoms with van der Waals surface area (Å²) in [5.74, 6) is 2.68. The van der Waals surface area contributed by atoms with Gasteiger partial charge in [0.2, 0.25) is 0 Å². The van der Waals surface area contributed by atoms with Crippen molar-refractivity contribution in [1.82, 2.24) is 14.7 Å². The predicted molar refractivity (Wildman–Crippen MR) is 85.5 cm³/mol. The lowest BCUT2D eigenvalue weighted by Crippen LogP contribution is -2.31. The van der Waals surface area contributed by atoms with Crippen LogP contribution in [0.25, 0.3) is 0 Å². The molecule has 6 nitrogen and oxygen atoms in total. The van der Waals surface area contributed by atoms with E-state index in [4.69, 9.17) is 11.2 Å². The first-order valence-electron chi connectivity index (χ1n) is 7.07. The second-order valence-corrected chi connectivity index (χ2v) is 5.12. The number of likely N-dealkylation sites (N-methyl/N-ethyl adjacent to an activating group) is 1. The minimum Gasteiger partial charge on any atom is -0.497 e. The number of methoxy groups -OCH3 is 1. The Balaban J connectivity index is 2.04. The maximum absolute atomic E-state index is 12.4. The van der Waals surface area contributed by atoms with Crippen molar-refractivity contribution in [2.45, 2.75) is 19.2 Å². The number of hydrogen-bond acceptors (Lipinski definition) is 4. The van der Waals surface area contributed by atoms with Gasteiger partial charge < -0.3 is 14.7 Å². The van der Waals surface area contributed by atoms with Gasteiger partial charge in [-0.2, -0.15) is 5.10 Å². The van der Waals surface area contributed by atoms with Crippen LogP contribution in [0.15, 0.2) is 36.7 Å². The number of terminal acetylenes is 1. The molecule has 1 heterocycles. The summed E-state index contributed by atoms with van der Waals surface area (Å²) in [7, 11) is 3.16. The van der Waals surface area contributed by atoms with Crippen molar-refractivity contribution in [3.63, 3.8) is 0 Å². The molecule has 0 aliphatic heterocycles. The molecule has 0 fully saturated rings. The number of carbonyl (C=O) groups is 1. The molecular weight excluding hydrogens is 294 g/mol. The summed E-state index contributed by atoms with van der Waals surface area (Å²) in [4.78, 5) is 13.8. The first-order chi connectivity index (χ1) is 11.0. The number of nitrogens with zero attached hydrogens (tertiary/aromatic N) is 3. The summed E-state index contributed by atoms with van der Waals surface area (Å²) < 4.78 is 6.72. The number of amides is 1. The molecule has 0 aliphatic carbocycles. The number of carbonyl (C=O) groups excluding carboxylic acids is 1. The number of rotatable bonds is 6. The third-order valence-electron chi connectivity index (χ3n) is 3.38. The summed E-state index contributed by atoms with van der Waals surface area (Å²) in [6.45, 7) is 0.717. The molecule has 6 heteroatoms. The van der Waals surface area contributed by atoms with Crippen LogP contribution in [0.5, 0.6) is 5.75 Å². The zero-order valence-corrected chi connectivity index (χ0v) is 13.1. The van der Waals surface area contributed by atoms with E-state index in [2.05, 4.69) is 11.0 Å². The first kappa shape index (κ1) is 16.6. The van der Waals surface area contributed by atoms with Gasteiger partial charge in [-0.25, -0.2) is 0 Å². The van der Waals surface area contributed by atoms with Crippen LogP contribution in [-0.2, 0) is 17.9 Å². The fourth-order valence-corrected chi connectivity index (χ4v) is 2.18. The molecule has 0 bridgehead atoms. The van der Waals surface area contributed by atoms with Crippen LogP contribution in [0, 0.1) is 12.3 Å². The van der Waals surface area contributed by atoms with E-state index in [1.165, 1.54) is 12.0 Å². The van der Waals surface area contributed by atoms with Gasteiger partial charge in [0, 0.05) is 25.4 Å². The molecule has 1 unspecified atom stereocenters. The van der Waals surface area contributed by atoms with Gasteiger partial charge in [0.15, 0.2) is 6.10 Å². The van der Waals surface area contributed by atoms with Crippen molar-refractivity contribution in [2.24, 2.45) is 0 Å². The largest absolute Gasteiger partial charge is 0.497 e. The maximum atomic E-state index is 12.4. The normalized spacial score (nSPS) is 11.6. The van der Waals surface area contributed by atoms with E-state index < -0.39 is 12.0 Å². The molecule has 2 rings (SSSR count). The van der Waals surface area contributed by atoms with E-state index >= 15 is 0 Å². The number of aliphatic hydroxyl groups excluding tert-OH is 1. The topological polar surface area (TPSA) is 67.6 Å². The van der Waals surface area contributed by atoms with Crippen molar-refractivity contribution in [1.29, 1.82) is 0 Å². The van der Waals surface area contributed by atoms with Crippen LogP contribution in [0.4, 0.5) is 0 Å². The Bertz CT molecular complexity index is 718. The number of hydrogen-bond donors (Lipinski definition) is 1. The van der Waals surface area contributed by atoms with Crippen LogP contribution in [0.3, 0.4) is 0 Å².